The summed E-state index contributed by atoms with van der Waals surface area (Å²) in [6.07, 6.45) is 1.36. The smallest absolute Gasteiger partial charge is 0.244 e. The molecular formula is C22H15BrF2N2O3S. The van der Waals surface area contributed by atoms with Gasteiger partial charge in [0.05, 0.1) is 15.5 Å². The van der Waals surface area contributed by atoms with Crippen LogP contribution in [0.4, 0.5) is 14.5 Å². The van der Waals surface area contributed by atoms with Crippen LogP contribution in [-0.2, 0) is 21.2 Å². The quantitative estimate of drug-likeness (QED) is 0.382. The fraction of sp³-hybridized carbons (Fsp3) is 0.0455. The molecule has 0 bridgehead atoms. The zero-order chi connectivity index (χ0) is 22.2. The number of halogens is 3. The fourth-order valence-corrected chi connectivity index (χ4v) is 5.04. The number of rotatable bonds is 5. The number of carbonyl (C=O) groups excluding carboxylic acids is 1. The molecule has 0 aliphatic heterocycles. The first-order valence-corrected chi connectivity index (χ1v) is 11.4. The summed E-state index contributed by atoms with van der Waals surface area (Å²) in [5.74, 6) is -1.66. The monoisotopic (exact) mass is 504 g/mol. The lowest BCUT2D eigenvalue weighted by molar-refractivity contribution is -0.116. The minimum absolute atomic E-state index is 0.00247. The van der Waals surface area contributed by atoms with Crippen LogP contribution >= 0.6 is 15.9 Å². The van der Waals surface area contributed by atoms with E-state index < -0.39 is 27.4 Å². The Morgan fingerprint density at radius 2 is 1.71 bits per heavy atom. The molecule has 3 aromatic carbocycles. The number of hydrogen-bond acceptors (Lipinski definition) is 3. The SMILES string of the molecule is O=C(Cn1cc(S(=O)(=O)c2ccc(F)cc2)c2ccccc21)Nc1ccc(Br)cc1F. The third-order valence-electron chi connectivity index (χ3n) is 4.68. The van der Waals surface area contributed by atoms with Gasteiger partial charge in [0.15, 0.2) is 0 Å². The van der Waals surface area contributed by atoms with Gasteiger partial charge in [-0.2, -0.15) is 0 Å². The molecule has 1 aromatic heterocycles. The first-order chi connectivity index (χ1) is 14.8. The number of fused-ring (bicyclic) bond motifs is 1. The van der Waals surface area contributed by atoms with E-state index in [1.165, 1.54) is 35.0 Å². The summed E-state index contributed by atoms with van der Waals surface area (Å²) in [7, 11) is -3.95. The molecule has 0 aliphatic carbocycles. The van der Waals surface area contributed by atoms with Crippen molar-refractivity contribution in [3.63, 3.8) is 0 Å². The van der Waals surface area contributed by atoms with Crippen LogP contribution in [0.15, 0.2) is 87.2 Å². The Bertz CT molecular complexity index is 1400. The second-order valence-corrected chi connectivity index (χ2v) is 9.60. The highest BCUT2D eigenvalue weighted by Gasteiger charge is 2.24. The molecule has 0 unspecified atom stereocenters. The Labute approximate surface area is 185 Å². The molecule has 0 aliphatic rings. The van der Waals surface area contributed by atoms with Gasteiger partial charge in [-0.25, -0.2) is 17.2 Å². The van der Waals surface area contributed by atoms with E-state index in [9.17, 15) is 22.0 Å². The third kappa shape index (κ3) is 4.24. The molecule has 0 fully saturated rings. The molecule has 158 valence electrons. The molecule has 5 nitrogen and oxygen atoms in total. The molecule has 4 aromatic rings. The largest absolute Gasteiger partial charge is 0.337 e. The molecule has 0 saturated carbocycles. The number of para-hydroxylation sites is 1. The highest BCUT2D eigenvalue weighted by Crippen LogP contribution is 2.30. The van der Waals surface area contributed by atoms with E-state index in [0.717, 1.165) is 12.1 Å². The number of carbonyl (C=O) groups is 1. The number of aromatic nitrogens is 1. The maximum atomic E-state index is 14.0. The zero-order valence-corrected chi connectivity index (χ0v) is 18.3. The van der Waals surface area contributed by atoms with Crippen LogP contribution in [-0.4, -0.2) is 18.9 Å². The summed E-state index contributed by atoms with van der Waals surface area (Å²) in [6, 6.07) is 15.5. The van der Waals surface area contributed by atoms with Crippen molar-refractivity contribution in [1.29, 1.82) is 0 Å². The Balaban J connectivity index is 1.70. The van der Waals surface area contributed by atoms with E-state index >= 15 is 0 Å². The Kier molecular flexibility index (Phi) is 5.63. The van der Waals surface area contributed by atoms with Gasteiger partial charge >= 0.3 is 0 Å². The van der Waals surface area contributed by atoms with E-state index in [1.807, 2.05) is 0 Å². The molecule has 1 heterocycles. The van der Waals surface area contributed by atoms with Gasteiger partial charge in [0.1, 0.15) is 18.2 Å². The molecule has 0 radical (unpaired) electrons. The number of hydrogen-bond donors (Lipinski definition) is 1. The first kappa shape index (κ1) is 21.2. The van der Waals surface area contributed by atoms with E-state index in [0.29, 0.717) is 15.4 Å². The van der Waals surface area contributed by atoms with Crippen LogP contribution in [0.1, 0.15) is 0 Å². The molecule has 1 amide bonds. The molecule has 0 atom stereocenters. The van der Waals surface area contributed by atoms with Crippen molar-refractivity contribution in [2.75, 3.05) is 5.32 Å². The summed E-state index contributed by atoms with van der Waals surface area (Å²) < 4.78 is 55.5. The van der Waals surface area contributed by atoms with Crippen molar-refractivity contribution in [2.45, 2.75) is 16.3 Å². The summed E-state index contributed by atoms with van der Waals surface area (Å²) in [6.45, 7) is -0.227. The Morgan fingerprint density at radius 3 is 2.42 bits per heavy atom. The number of nitrogens with zero attached hydrogens (tertiary/aromatic N) is 1. The van der Waals surface area contributed by atoms with Crippen molar-refractivity contribution in [2.24, 2.45) is 0 Å². The van der Waals surface area contributed by atoms with E-state index in [2.05, 4.69) is 21.2 Å². The lowest BCUT2D eigenvalue weighted by Gasteiger charge is -2.08. The van der Waals surface area contributed by atoms with E-state index in [-0.39, 0.29) is 22.0 Å². The number of anilines is 1. The van der Waals surface area contributed by atoms with Gasteiger partial charge < -0.3 is 9.88 Å². The van der Waals surface area contributed by atoms with Gasteiger partial charge in [0, 0.05) is 21.6 Å². The van der Waals surface area contributed by atoms with E-state index in [4.69, 9.17) is 0 Å². The topological polar surface area (TPSA) is 68.2 Å². The summed E-state index contributed by atoms with van der Waals surface area (Å²) in [4.78, 5) is 12.5. The number of amides is 1. The van der Waals surface area contributed by atoms with Crippen molar-refractivity contribution < 1.29 is 22.0 Å². The molecular weight excluding hydrogens is 490 g/mol. The number of benzene rings is 3. The average molecular weight is 505 g/mol. The molecule has 0 spiro atoms. The minimum Gasteiger partial charge on any atom is -0.337 e. The average Bonchev–Trinajstić information content (AvgIpc) is 3.10. The van der Waals surface area contributed by atoms with Gasteiger partial charge in [0.25, 0.3) is 0 Å². The standard InChI is InChI=1S/C22H15BrF2N2O3S/c23-14-5-10-19(18(25)11-14)26-22(28)13-27-12-21(17-3-1-2-4-20(17)27)31(29,30)16-8-6-15(24)7-9-16/h1-12H,13H2,(H,26,28). The lowest BCUT2D eigenvalue weighted by Crippen LogP contribution is -2.19. The van der Waals surface area contributed by atoms with Gasteiger partial charge in [-0.15, -0.1) is 0 Å². The van der Waals surface area contributed by atoms with Crippen LogP contribution in [0.3, 0.4) is 0 Å². The maximum Gasteiger partial charge on any atom is 0.244 e. The minimum atomic E-state index is -3.95. The van der Waals surface area contributed by atoms with Gasteiger partial charge in [-0.05, 0) is 48.5 Å². The summed E-state index contributed by atoms with van der Waals surface area (Å²) in [5, 5.41) is 2.92. The number of sulfone groups is 1. The third-order valence-corrected chi connectivity index (χ3v) is 6.98. The van der Waals surface area contributed by atoms with Crippen molar-refractivity contribution >= 4 is 48.3 Å². The Morgan fingerprint density at radius 1 is 1.00 bits per heavy atom. The van der Waals surface area contributed by atoms with Crippen LogP contribution in [0.2, 0.25) is 0 Å². The zero-order valence-electron chi connectivity index (χ0n) is 15.8. The fourth-order valence-electron chi connectivity index (χ4n) is 3.23. The molecule has 0 saturated heterocycles. The summed E-state index contributed by atoms with van der Waals surface area (Å²) >= 11 is 3.15. The van der Waals surface area contributed by atoms with Crippen molar-refractivity contribution in [1.82, 2.24) is 4.57 Å². The van der Waals surface area contributed by atoms with Crippen molar-refractivity contribution in [3.8, 4) is 0 Å². The highest BCUT2D eigenvalue weighted by molar-refractivity contribution is 9.10. The molecule has 1 N–H and O–H groups in total. The van der Waals surface area contributed by atoms with Crippen molar-refractivity contribution in [3.05, 3.63) is 89.0 Å². The lowest BCUT2D eigenvalue weighted by atomic mass is 10.2. The summed E-state index contributed by atoms with van der Waals surface area (Å²) in [5.41, 5.74) is 0.540. The van der Waals surface area contributed by atoms with Crippen LogP contribution in [0, 0.1) is 11.6 Å². The molecule has 31 heavy (non-hydrogen) atoms. The van der Waals surface area contributed by atoms with Crippen LogP contribution in [0.25, 0.3) is 10.9 Å². The van der Waals surface area contributed by atoms with Gasteiger partial charge in [-0.3, -0.25) is 4.79 Å². The normalized spacial score (nSPS) is 11.6. The predicted molar refractivity (Wildman–Crippen MR) is 117 cm³/mol. The first-order valence-electron chi connectivity index (χ1n) is 9.09. The van der Waals surface area contributed by atoms with Gasteiger partial charge in [-0.1, -0.05) is 34.1 Å². The highest BCUT2D eigenvalue weighted by atomic mass is 79.9. The maximum absolute atomic E-state index is 14.0. The van der Waals surface area contributed by atoms with Crippen LogP contribution < -0.4 is 5.32 Å². The molecule has 4 rings (SSSR count). The van der Waals surface area contributed by atoms with Crippen LogP contribution in [0.5, 0.6) is 0 Å². The second kappa shape index (κ2) is 8.24. The number of nitrogens with one attached hydrogen (secondary N) is 1. The van der Waals surface area contributed by atoms with E-state index in [1.54, 1.807) is 30.3 Å². The predicted octanol–water partition coefficient (Wildman–Crippen LogP) is 5.15. The Hall–Kier alpha value is -3.04. The molecule has 9 heteroatoms. The van der Waals surface area contributed by atoms with Gasteiger partial charge in [0.2, 0.25) is 15.7 Å². The second-order valence-electron chi connectivity index (χ2n) is 6.77.